The lowest BCUT2D eigenvalue weighted by molar-refractivity contribution is -0.139. The van der Waals surface area contributed by atoms with Crippen LogP contribution < -0.4 is 10.6 Å². The van der Waals surface area contributed by atoms with Crippen LogP contribution in [0.1, 0.15) is 18.4 Å². The number of nitrogens with one attached hydrogen (secondary N) is 1. The smallest absolute Gasteiger partial charge is 0.320 e. The number of benzene rings is 1. The van der Waals surface area contributed by atoms with Gasteiger partial charge >= 0.3 is 12.0 Å². The molecule has 0 radical (unpaired) electrons. The maximum Gasteiger partial charge on any atom is 0.320 e. The third-order valence-corrected chi connectivity index (χ3v) is 5.27. The molecule has 1 aromatic carbocycles. The Morgan fingerprint density at radius 2 is 1.75 bits per heavy atom. The minimum Gasteiger partial charge on any atom is -0.469 e. The van der Waals surface area contributed by atoms with Crippen molar-refractivity contribution in [1.29, 1.82) is 5.41 Å². The Labute approximate surface area is 165 Å². The van der Waals surface area contributed by atoms with Gasteiger partial charge in [0.05, 0.1) is 13.5 Å². The molecule has 3 rings (SSSR count). The molecule has 0 spiro atoms. The van der Waals surface area contributed by atoms with Gasteiger partial charge in [-0.3, -0.25) is 10.2 Å². The van der Waals surface area contributed by atoms with Crippen LogP contribution in [0.4, 0.5) is 10.5 Å². The summed E-state index contributed by atoms with van der Waals surface area (Å²) in [5.41, 5.74) is 8.32. The molecule has 0 saturated carbocycles. The van der Waals surface area contributed by atoms with E-state index in [1.165, 1.54) is 7.11 Å². The van der Waals surface area contributed by atoms with Gasteiger partial charge in [-0.2, -0.15) is 0 Å². The highest BCUT2D eigenvalue weighted by Crippen LogP contribution is 2.20. The zero-order chi connectivity index (χ0) is 20.1. The van der Waals surface area contributed by atoms with Gasteiger partial charge in [-0.05, 0) is 30.7 Å². The number of nitrogen functional groups attached to an aromatic ring is 1. The quantitative estimate of drug-likeness (QED) is 0.353. The number of esters is 1. The number of nitrogens with zero attached hydrogens (tertiary/aromatic N) is 3. The topological polar surface area (TPSA) is 103 Å². The summed E-state index contributed by atoms with van der Waals surface area (Å²) in [6, 6.07) is 7.68. The summed E-state index contributed by atoms with van der Waals surface area (Å²) >= 11 is 0. The van der Waals surface area contributed by atoms with Gasteiger partial charge in [0, 0.05) is 50.5 Å². The van der Waals surface area contributed by atoms with Crippen LogP contribution in [0.25, 0.3) is 0 Å². The summed E-state index contributed by atoms with van der Waals surface area (Å²) in [5, 5.41) is 7.47. The van der Waals surface area contributed by atoms with Crippen molar-refractivity contribution < 1.29 is 14.3 Å². The van der Waals surface area contributed by atoms with Crippen LogP contribution in [0.15, 0.2) is 35.9 Å². The van der Waals surface area contributed by atoms with Gasteiger partial charge in [-0.25, -0.2) is 4.79 Å². The van der Waals surface area contributed by atoms with Crippen LogP contribution in [0.3, 0.4) is 0 Å². The van der Waals surface area contributed by atoms with E-state index in [9.17, 15) is 9.59 Å². The lowest BCUT2D eigenvalue weighted by Gasteiger charge is -2.39. The maximum absolute atomic E-state index is 12.8. The van der Waals surface area contributed by atoms with Crippen molar-refractivity contribution in [1.82, 2.24) is 9.80 Å². The molecule has 8 heteroatoms. The molecule has 2 amide bonds. The number of nitrogens with two attached hydrogens (primary N) is 1. The van der Waals surface area contributed by atoms with Crippen molar-refractivity contribution in [3.8, 4) is 0 Å². The number of rotatable bonds is 4. The SMILES string of the molecule is COC(=O)CC1=CCN(C(=O)N2CCN(c3ccc(C(=N)N)cc3)CC2)CC1. The number of carbonyl (C=O) groups excluding carboxylic acids is 2. The van der Waals surface area contributed by atoms with E-state index in [1.807, 2.05) is 40.1 Å². The Morgan fingerprint density at radius 3 is 2.29 bits per heavy atom. The molecule has 3 N–H and O–H groups in total. The Bertz CT molecular complexity index is 767. The van der Waals surface area contributed by atoms with Crippen molar-refractivity contribution in [2.75, 3.05) is 51.3 Å². The van der Waals surface area contributed by atoms with E-state index in [0.717, 1.165) is 24.4 Å². The first-order chi connectivity index (χ1) is 13.5. The second-order valence-corrected chi connectivity index (χ2v) is 7.03. The fourth-order valence-corrected chi connectivity index (χ4v) is 3.51. The number of hydrogen-bond acceptors (Lipinski definition) is 5. The van der Waals surface area contributed by atoms with Crippen molar-refractivity contribution >= 4 is 23.5 Å². The minimum atomic E-state index is -0.238. The van der Waals surface area contributed by atoms with Crippen molar-refractivity contribution in [3.63, 3.8) is 0 Å². The lowest BCUT2D eigenvalue weighted by Crippen LogP contribution is -2.53. The number of ether oxygens (including phenoxy) is 1. The monoisotopic (exact) mass is 385 g/mol. The van der Waals surface area contributed by atoms with Crippen LogP contribution >= 0.6 is 0 Å². The molecule has 0 aromatic heterocycles. The Morgan fingerprint density at radius 1 is 1.07 bits per heavy atom. The number of methoxy groups -OCH3 is 1. The Balaban J connectivity index is 1.50. The summed E-state index contributed by atoms with van der Waals surface area (Å²) in [7, 11) is 1.39. The normalized spacial score (nSPS) is 17.2. The third-order valence-electron chi connectivity index (χ3n) is 5.27. The van der Waals surface area contributed by atoms with E-state index in [0.29, 0.717) is 44.6 Å². The second-order valence-electron chi connectivity index (χ2n) is 7.03. The van der Waals surface area contributed by atoms with Crippen molar-refractivity contribution in [3.05, 3.63) is 41.5 Å². The fourth-order valence-electron chi connectivity index (χ4n) is 3.51. The summed E-state index contributed by atoms with van der Waals surface area (Å²) in [6.07, 6.45) is 2.98. The molecule has 0 bridgehead atoms. The molecule has 1 fully saturated rings. The van der Waals surface area contributed by atoms with E-state index in [2.05, 4.69) is 4.90 Å². The lowest BCUT2D eigenvalue weighted by atomic mass is 10.1. The van der Waals surface area contributed by atoms with E-state index >= 15 is 0 Å². The number of amidine groups is 1. The minimum absolute atomic E-state index is 0.0555. The summed E-state index contributed by atoms with van der Waals surface area (Å²) < 4.78 is 4.70. The van der Waals surface area contributed by atoms with Gasteiger partial charge in [-0.1, -0.05) is 11.6 Å². The predicted octanol–water partition coefficient (Wildman–Crippen LogP) is 1.41. The fraction of sp³-hybridized carbons (Fsp3) is 0.450. The molecular formula is C20H27N5O3. The van der Waals surface area contributed by atoms with Crippen molar-refractivity contribution in [2.45, 2.75) is 12.8 Å². The summed E-state index contributed by atoms with van der Waals surface area (Å²) in [6.45, 7) is 4.04. The zero-order valence-electron chi connectivity index (χ0n) is 16.2. The molecule has 150 valence electrons. The Kier molecular flexibility index (Phi) is 6.18. The van der Waals surface area contributed by atoms with Gasteiger partial charge in [0.2, 0.25) is 0 Å². The number of carbonyl (C=O) groups is 2. The number of piperazine rings is 1. The van der Waals surface area contributed by atoms with Crippen molar-refractivity contribution in [2.24, 2.45) is 5.73 Å². The zero-order valence-corrected chi connectivity index (χ0v) is 16.2. The van der Waals surface area contributed by atoms with Crippen LogP contribution in [-0.4, -0.2) is 74.0 Å². The van der Waals surface area contributed by atoms with Gasteiger partial charge in [0.25, 0.3) is 0 Å². The average molecular weight is 385 g/mol. The van der Waals surface area contributed by atoms with E-state index in [-0.39, 0.29) is 17.8 Å². The summed E-state index contributed by atoms with van der Waals surface area (Å²) in [4.78, 5) is 30.1. The van der Waals surface area contributed by atoms with Crippen LogP contribution in [-0.2, 0) is 9.53 Å². The molecule has 28 heavy (non-hydrogen) atoms. The number of amides is 2. The molecule has 2 aliphatic rings. The molecule has 1 saturated heterocycles. The average Bonchev–Trinajstić information content (AvgIpc) is 2.74. The second kappa shape index (κ2) is 8.77. The van der Waals surface area contributed by atoms with Gasteiger partial charge in [0.1, 0.15) is 5.84 Å². The maximum atomic E-state index is 12.8. The van der Waals surface area contributed by atoms with Gasteiger partial charge < -0.3 is 25.2 Å². The number of hydrogen-bond donors (Lipinski definition) is 2. The highest BCUT2D eigenvalue weighted by molar-refractivity contribution is 5.95. The van der Waals surface area contributed by atoms with Gasteiger partial charge in [-0.15, -0.1) is 0 Å². The highest BCUT2D eigenvalue weighted by Gasteiger charge is 2.26. The largest absolute Gasteiger partial charge is 0.469 e. The molecule has 2 aliphatic heterocycles. The molecule has 0 aliphatic carbocycles. The van der Waals surface area contributed by atoms with E-state index in [1.54, 1.807) is 0 Å². The molecule has 2 heterocycles. The first-order valence-corrected chi connectivity index (χ1v) is 9.46. The van der Waals surface area contributed by atoms with E-state index in [4.69, 9.17) is 15.9 Å². The molecular weight excluding hydrogens is 358 g/mol. The highest BCUT2D eigenvalue weighted by atomic mass is 16.5. The van der Waals surface area contributed by atoms with E-state index < -0.39 is 0 Å². The van der Waals surface area contributed by atoms with Crippen LogP contribution in [0, 0.1) is 5.41 Å². The third kappa shape index (κ3) is 4.62. The van der Waals surface area contributed by atoms with Crippen LogP contribution in [0.2, 0.25) is 0 Å². The molecule has 0 atom stereocenters. The first-order valence-electron chi connectivity index (χ1n) is 9.46. The Hall–Kier alpha value is -3.03. The molecule has 0 unspecified atom stereocenters. The first kappa shape index (κ1) is 19.7. The standard InChI is InChI=1S/C20H27N5O3/c1-28-18(26)14-15-6-8-24(9-7-15)20(27)25-12-10-23(11-13-25)17-4-2-16(3-5-17)19(21)22/h2-6H,7-14H2,1H3,(H3,21,22). The van der Waals surface area contributed by atoms with Crippen LogP contribution in [0.5, 0.6) is 0 Å². The summed E-state index contributed by atoms with van der Waals surface area (Å²) in [5.74, 6) is -0.175. The number of anilines is 1. The number of urea groups is 1. The van der Waals surface area contributed by atoms with Gasteiger partial charge in [0.15, 0.2) is 0 Å². The molecule has 1 aromatic rings. The predicted molar refractivity (Wildman–Crippen MR) is 108 cm³/mol. The molecule has 8 nitrogen and oxygen atoms in total.